The van der Waals surface area contributed by atoms with Gasteiger partial charge in [0.1, 0.15) is 11.2 Å². The largest absolute Gasteiger partial charge is 0.354 e. The van der Waals surface area contributed by atoms with Gasteiger partial charge in [0.25, 0.3) is 5.91 Å². The number of amides is 2. The first-order valence-corrected chi connectivity index (χ1v) is 8.59. The summed E-state index contributed by atoms with van der Waals surface area (Å²) in [5, 5.41) is 17.7. The number of hydrogen-bond donors (Lipinski definition) is 2. The summed E-state index contributed by atoms with van der Waals surface area (Å²) in [7, 11) is 1.58. The van der Waals surface area contributed by atoms with Gasteiger partial charge in [-0.3, -0.25) is 24.5 Å². The first-order valence-electron chi connectivity index (χ1n) is 7.71. The van der Waals surface area contributed by atoms with E-state index in [9.17, 15) is 9.59 Å². The number of carbonyl (C=O) groups excluding carboxylic acids is 2. The summed E-state index contributed by atoms with van der Waals surface area (Å²) >= 11 is 1.29. The number of likely N-dealkylation sites (tertiary alicyclic amines) is 1. The molecule has 1 aliphatic heterocycles. The zero-order valence-electron chi connectivity index (χ0n) is 13.3. The van der Waals surface area contributed by atoms with Crippen molar-refractivity contribution in [2.45, 2.75) is 18.9 Å². The molecule has 9 nitrogen and oxygen atoms in total. The van der Waals surface area contributed by atoms with Crippen molar-refractivity contribution < 1.29 is 9.59 Å². The molecule has 2 aromatic heterocycles. The topological polar surface area (TPSA) is 105 Å². The summed E-state index contributed by atoms with van der Waals surface area (Å²) in [5.41, 5.74) is 1.98. The van der Waals surface area contributed by atoms with Gasteiger partial charge in [-0.1, -0.05) is 11.3 Å². The highest BCUT2D eigenvalue weighted by atomic mass is 32.1. The van der Waals surface area contributed by atoms with Crippen molar-refractivity contribution >= 4 is 28.3 Å². The highest BCUT2D eigenvalue weighted by Gasteiger charge is 2.24. The van der Waals surface area contributed by atoms with Gasteiger partial charge in [-0.2, -0.15) is 5.10 Å². The van der Waals surface area contributed by atoms with E-state index >= 15 is 0 Å². The van der Waals surface area contributed by atoms with Crippen molar-refractivity contribution in [3.63, 3.8) is 0 Å². The van der Waals surface area contributed by atoms with Gasteiger partial charge in [-0.25, -0.2) is 0 Å². The van der Waals surface area contributed by atoms with Crippen LogP contribution in [0, 0.1) is 0 Å². The minimum atomic E-state index is -0.196. The van der Waals surface area contributed by atoms with Crippen LogP contribution in [0.3, 0.4) is 0 Å². The number of nitrogens with one attached hydrogen (secondary N) is 2. The first-order chi connectivity index (χ1) is 11.7. The Bertz CT molecular complexity index is 700. The van der Waals surface area contributed by atoms with E-state index in [-0.39, 0.29) is 17.9 Å². The van der Waals surface area contributed by atoms with E-state index in [4.69, 9.17) is 0 Å². The van der Waals surface area contributed by atoms with Crippen LogP contribution in [-0.2, 0) is 4.79 Å². The van der Waals surface area contributed by atoms with E-state index in [1.807, 2.05) is 10.9 Å². The summed E-state index contributed by atoms with van der Waals surface area (Å²) in [5.74, 6) is -0.295. The molecule has 10 heteroatoms. The number of nitrogens with zero attached hydrogens (tertiary/aromatic N) is 5. The van der Waals surface area contributed by atoms with Crippen LogP contribution in [0.1, 0.15) is 29.4 Å². The zero-order chi connectivity index (χ0) is 16.9. The Morgan fingerprint density at radius 2 is 2.33 bits per heavy atom. The molecular formula is C14H19N7O2S. The molecule has 0 unspecified atom stereocenters. The fourth-order valence-electron chi connectivity index (χ4n) is 2.77. The van der Waals surface area contributed by atoms with Crippen LogP contribution in [0.15, 0.2) is 17.8 Å². The number of anilines is 1. The van der Waals surface area contributed by atoms with Gasteiger partial charge in [0.15, 0.2) is 0 Å². The minimum absolute atomic E-state index is 0.0982. The van der Waals surface area contributed by atoms with E-state index < -0.39 is 0 Å². The van der Waals surface area contributed by atoms with Gasteiger partial charge in [-0.05, 0) is 25.5 Å². The maximum absolute atomic E-state index is 12.1. The van der Waals surface area contributed by atoms with Gasteiger partial charge in [0, 0.05) is 19.8 Å². The normalized spacial score (nSPS) is 18.3. The van der Waals surface area contributed by atoms with E-state index in [0.717, 1.165) is 25.9 Å². The lowest BCUT2D eigenvalue weighted by atomic mass is 10.1. The molecule has 0 bridgehead atoms. The van der Waals surface area contributed by atoms with Gasteiger partial charge in [-0.15, -0.1) is 10.2 Å². The number of carbonyl (C=O) groups is 2. The third kappa shape index (κ3) is 3.95. The first kappa shape index (κ1) is 16.5. The molecule has 1 aliphatic rings. The van der Waals surface area contributed by atoms with E-state index in [0.29, 0.717) is 17.4 Å². The van der Waals surface area contributed by atoms with Crippen LogP contribution < -0.4 is 10.6 Å². The van der Waals surface area contributed by atoms with Crippen molar-refractivity contribution in [1.82, 2.24) is 30.2 Å². The van der Waals surface area contributed by atoms with Crippen LogP contribution in [0.25, 0.3) is 0 Å². The van der Waals surface area contributed by atoms with Crippen molar-refractivity contribution in [3.8, 4) is 0 Å². The summed E-state index contributed by atoms with van der Waals surface area (Å²) in [6.45, 7) is 1.89. The summed E-state index contributed by atoms with van der Waals surface area (Å²) < 4.78 is 1.82. The van der Waals surface area contributed by atoms with Crippen molar-refractivity contribution in [3.05, 3.63) is 23.5 Å². The quantitative estimate of drug-likeness (QED) is 0.808. The highest BCUT2D eigenvalue weighted by molar-refractivity contribution is 7.13. The summed E-state index contributed by atoms with van der Waals surface area (Å²) in [6.07, 6.45) is 3.77. The molecule has 0 radical (unpaired) electrons. The van der Waals surface area contributed by atoms with Gasteiger partial charge >= 0.3 is 0 Å². The van der Waals surface area contributed by atoms with E-state index in [1.54, 1.807) is 18.6 Å². The molecule has 3 rings (SSSR count). The molecule has 128 valence electrons. The minimum Gasteiger partial charge on any atom is -0.354 e. The van der Waals surface area contributed by atoms with Crippen molar-refractivity contribution in [1.29, 1.82) is 0 Å². The van der Waals surface area contributed by atoms with Gasteiger partial charge in [0.05, 0.1) is 12.6 Å². The zero-order valence-corrected chi connectivity index (χ0v) is 14.1. The Hall–Kier alpha value is -2.33. The predicted molar refractivity (Wildman–Crippen MR) is 88.9 cm³/mol. The number of aromatic nitrogens is 4. The number of piperidine rings is 1. The molecule has 1 atom stereocenters. The van der Waals surface area contributed by atoms with Crippen LogP contribution in [0.4, 0.5) is 5.13 Å². The molecule has 0 aromatic carbocycles. The second-order valence-corrected chi connectivity index (χ2v) is 6.42. The molecule has 0 saturated carbocycles. The van der Waals surface area contributed by atoms with Crippen LogP contribution in [0.5, 0.6) is 0 Å². The molecular weight excluding hydrogens is 330 g/mol. The molecule has 2 amide bonds. The SMILES string of the molecule is CNC(=O)c1ccn([C@H]2CCCN(CC(=O)Nc3nncs3)C2)n1. The standard InChI is InChI=1S/C14H19N7O2S/c1-15-13(23)11-4-6-21(19-11)10-3-2-5-20(7-10)8-12(22)17-14-18-16-9-24-14/h4,6,9-10H,2-3,5,7-8H2,1H3,(H,15,23)(H,17,18,22)/t10-/m0/s1. The third-order valence-corrected chi connectivity index (χ3v) is 4.50. The van der Waals surface area contributed by atoms with Crippen LogP contribution >= 0.6 is 11.3 Å². The molecule has 3 heterocycles. The Morgan fingerprint density at radius 1 is 1.46 bits per heavy atom. The summed E-state index contributed by atoms with van der Waals surface area (Å²) in [6, 6.07) is 1.87. The van der Waals surface area contributed by atoms with Crippen molar-refractivity contribution in [2.75, 3.05) is 32.0 Å². The maximum Gasteiger partial charge on any atom is 0.271 e. The smallest absolute Gasteiger partial charge is 0.271 e. The Balaban J connectivity index is 1.57. The van der Waals surface area contributed by atoms with Crippen LogP contribution in [-0.4, -0.2) is 63.4 Å². The Labute approximate surface area is 143 Å². The molecule has 0 aliphatic carbocycles. The van der Waals surface area contributed by atoms with Crippen molar-refractivity contribution in [2.24, 2.45) is 0 Å². The third-order valence-electron chi connectivity index (χ3n) is 3.90. The average Bonchev–Trinajstić information content (AvgIpc) is 3.26. The van der Waals surface area contributed by atoms with E-state index in [1.165, 1.54) is 11.3 Å². The Kier molecular flexibility index (Phi) is 5.16. The lowest BCUT2D eigenvalue weighted by Crippen LogP contribution is -2.41. The van der Waals surface area contributed by atoms with Gasteiger partial charge in [0.2, 0.25) is 11.0 Å². The second-order valence-electron chi connectivity index (χ2n) is 5.58. The fourth-order valence-corrected chi connectivity index (χ4v) is 3.23. The molecule has 2 N–H and O–H groups in total. The number of rotatable bonds is 5. The predicted octanol–water partition coefficient (Wildman–Crippen LogP) is 0.370. The molecule has 24 heavy (non-hydrogen) atoms. The molecule has 0 spiro atoms. The second kappa shape index (κ2) is 7.49. The summed E-state index contributed by atoms with van der Waals surface area (Å²) in [4.78, 5) is 25.8. The maximum atomic E-state index is 12.1. The monoisotopic (exact) mass is 349 g/mol. The average molecular weight is 349 g/mol. The molecule has 1 fully saturated rings. The molecule has 2 aromatic rings. The van der Waals surface area contributed by atoms with E-state index in [2.05, 4.69) is 30.8 Å². The number of hydrogen-bond acceptors (Lipinski definition) is 7. The fraction of sp³-hybridized carbons (Fsp3) is 0.500. The molecule has 1 saturated heterocycles. The lowest BCUT2D eigenvalue weighted by Gasteiger charge is -2.32. The lowest BCUT2D eigenvalue weighted by molar-refractivity contribution is -0.117. The van der Waals surface area contributed by atoms with Crippen LogP contribution in [0.2, 0.25) is 0 Å². The Morgan fingerprint density at radius 3 is 3.08 bits per heavy atom. The highest BCUT2D eigenvalue weighted by Crippen LogP contribution is 2.21. The van der Waals surface area contributed by atoms with Gasteiger partial charge < -0.3 is 5.32 Å².